The van der Waals surface area contributed by atoms with Gasteiger partial charge in [-0.1, -0.05) is 0 Å². The van der Waals surface area contributed by atoms with Crippen LogP contribution in [-0.4, -0.2) is 30.7 Å². The van der Waals surface area contributed by atoms with Crippen LogP contribution in [0.1, 0.15) is 18.4 Å². The third-order valence-electron chi connectivity index (χ3n) is 3.28. The Morgan fingerprint density at radius 3 is 2.54 bits per heavy atom. The van der Waals surface area contributed by atoms with Gasteiger partial charge in [-0.25, -0.2) is 13.2 Å². The van der Waals surface area contributed by atoms with E-state index >= 15 is 0 Å². The Bertz CT molecular complexity index is 611. The number of anilines is 1. The fourth-order valence-corrected chi connectivity index (χ4v) is 2.80. The van der Waals surface area contributed by atoms with E-state index in [-0.39, 0.29) is 22.3 Å². The summed E-state index contributed by atoms with van der Waals surface area (Å²) in [7, 11) is 0. The van der Waals surface area contributed by atoms with Crippen LogP contribution in [0.2, 0.25) is 0 Å². The number of rotatable bonds is 6. The summed E-state index contributed by atoms with van der Waals surface area (Å²) in [6, 6.07) is 2.39. The largest absolute Gasteiger partial charge is 0.398 e. The number of halogens is 6. The minimum atomic E-state index is -4.34. The lowest BCUT2D eigenvalue weighted by Crippen LogP contribution is -2.17. The molecule has 1 aromatic rings. The maximum absolute atomic E-state index is 14.1. The van der Waals surface area contributed by atoms with Gasteiger partial charge >= 0.3 is 6.18 Å². The molecule has 24 heavy (non-hydrogen) atoms. The predicted molar refractivity (Wildman–Crippen MR) is 82.6 cm³/mol. The molecule has 0 aromatic heterocycles. The third kappa shape index (κ3) is 5.92. The fourth-order valence-electron chi connectivity index (χ4n) is 2.00. The maximum Gasteiger partial charge on any atom is 0.398 e. The molecular weight excluding hydrogens is 354 g/mol. The molecule has 1 aliphatic rings. The van der Waals surface area contributed by atoms with Crippen LogP contribution in [0, 0.1) is 18.7 Å². The van der Waals surface area contributed by atoms with Crippen molar-refractivity contribution in [1.82, 2.24) is 0 Å². The molecule has 1 saturated carbocycles. The number of amidine groups is 1. The van der Waals surface area contributed by atoms with Crippen molar-refractivity contribution in [3.63, 3.8) is 0 Å². The van der Waals surface area contributed by atoms with Crippen molar-refractivity contribution in [2.75, 3.05) is 17.6 Å². The number of thioether (sulfide) groups is 1. The number of aryl methyl sites for hydroxylation is 1. The van der Waals surface area contributed by atoms with Crippen molar-refractivity contribution in [2.24, 2.45) is 10.9 Å². The van der Waals surface area contributed by atoms with Gasteiger partial charge in [0.25, 0.3) is 6.43 Å². The number of hydrogen-bond acceptors (Lipinski definition) is 2. The molecule has 0 aliphatic heterocycles. The maximum atomic E-state index is 14.1. The molecule has 2 nitrogen and oxygen atoms in total. The smallest absolute Gasteiger partial charge is 0.341 e. The molecule has 1 N–H and O–H groups in total. The summed E-state index contributed by atoms with van der Waals surface area (Å²) in [4.78, 5) is 4.04. The molecule has 9 heteroatoms. The van der Waals surface area contributed by atoms with Crippen molar-refractivity contribution in [3.8, 4) is 0 Å². The number of nitrogens with one attached hydrogen (secondary N) is 1. The van der Waals surface area contributed by atoms with Crippen molar-refractivity contribution in [2.45, 2.75) is 37.3 Å². The van der Waals surface area contributed by atoms with Crippen LogP contribution >= 0.6 is 11.8 Å². The first kappa shape index (κ1) is 19.0. The van der Waals surface area contributed by atoms with Crippen molar-refractivity contribution >= 4 is 23.3 Å². The standard InChI is InChI=1S/C15H16F6N2S/c1-8-4-10(16)11(5-12(8)24-7-15(19,20)21)23-14(9-2-3-9)22-6-13(17)18/h4-5,9,13H,2-3,6-7H2,1H3,(H,22,23). The molecule has 0 saturated heterocycles. The summed E-state index contributed by atoms with van der Waals surface area (Å²) in [5.41, 5.74) is 0.329. The Balaban J connectivity index is 2.17. The lowest BCUT2D eigenvalue weighted by molar-refractivity contribution is -0.105. The first-order valence-electron chi connectivity index (χ1n) is 7.25. The monoisotopic (exact) mass is 370 g/mol. The second-order valence-corrected chi connectivity index (χ2v) is 6.53. The van der Waals surface area contributed by atoms with Gasteiger partial charge in [0.1, 0.15) is 18.2 Å². The van der Waals surface area contributed by atoms with E-state index in [1.54, 1.807) is 0 Å². The normalized spacial score (nSPS) is 15.9. The molecule has 0 unspecified atom stereocenters. The zero-order chi connectivity index (χ0) is 17.9. The molecule has 0 radical (unpaired) electrons. The van der Waals surface area contributed by atoms with Gasteiger partial charge in [0.2, 0.25) is 0 Å². The second kappa shape index (κ2) is 7.67. The molecule has 0 spiro atoms. The van der Waals surface area contributed by atoms with E-state index < -0.39 is 30.7 Å². The van der Waals surface area contributed by atoms with Crippen LogP contribution in [-0.2, 0) is 0 Å². The minimum Gasteiger partial charge on any atom is -0.341 e. The quantitative estimate of drug-likeness (QED) is 0.319. The lowest BCUT2D eigenvalue weighted by Gasteiger charge is -2.14. The minimum absolute atomic E-state index is 0.0317. The van der Waals surface area contributed by atoms with E-state index in [0.29, 0.717) is 17.3 Å². The van der Waals surface area contributed by atoms with E-state index in [1.165, 1.54) is 13.0 Å². The van der Waals surface area contributed by atoms with Crippen LogP contribution in [0.25, 0.3) is 0 Å². The highest BCUT2D eigenvalue weighted by atomic mass is 32.2. The van der Waals surface area contributed by atoms with E-state index in [9.17, 15) is 26.3 Å². The molecule has 2 rings (SSSR count). The molecule has 0 bridgehead atoms. The number of nitrogens with zero attached hydrogens (tertiary/aromatic N) is 1. The third-order valence-corrected chi connectivity index (χ3v) is 4.50. The molecule has 1 fully saturated rings. The number of hydrogen-bond donors (Lipinski definition) is 1. The first-order valence-corrected chi connectivity index (χ1v) is 8.23. The summed E-state index contributed by atoms with van der Waals surface area (Å²) >= 11 is 0.555. The van der Waals surface area contributed by atoms with Crippen molar-refractivity contribution in [1.29, 1.82) is 0 Å². The van der Waals surface area contributed by atoms with Crippen LogP contribution in [0.15, 0.2) is 22.0 Å². The summed E-state index contributed by atoms with van der Waals surface area (Å²) in [5.74, 6) is -1.52. The average Bonchev–Trinajstić information content (AvgIpc) is 3.27. The lowest BCUT2D eigenvalue weighted by atomic mass is 10.2. The Labute approximate surface area is 139 Å². The number of aliphatic imine (C=N–C) groups is 1. The fraction of sp³-hybridized carbons (Fsp3) is 0.533. The van der Waals surface area contributed by atoms with Crippen LogP contribution < -0.4 is 5.32 Å². The Morgan fingerprint density at radius 1 is 1.33 bits per heavy atom. The first-order chi connectivity index (χ1) is 11.2. The van der Waals surface area contributed by atoms with Gasteiger partial charge in [-0.05, 0) is 37.5 Å². The summed E-state index contributed by atoms with van der Waals surface area (Å²) < 4.78 is 75.7. The molecule has 1 aromatic carbocycles. The molecule has 134 valence electrons. The summed E-state index contributed by atoms with van der Waals surface area (Å²) in [6.07, 6.45) is -5.42. The van der Waals surface area contributed by atoms with Gasteiger partial charge in [0.15, 0.2) is 0 Å². The Morgan fingerprint density at radius 2 is 2.00 bits per heavy atom. The van der Waals surface area contributed by atoms with Gasteiger partial charge in [-0.3, -0.25) is 4.99 Å². The van der Waals surface area contributed by atoms with E-state index in [2.05, 4.69) is 10.3 Å². The predicted octanol–water partition coefficient (Wildman–Crippen LogP) is 5.27. The van der Waals surface area contributed by atoms with Gasteiger partial charge in [0, 0.05) is 10.8 Å². The second-order valence-electron chi connectivity index (χ2n) is 5.52. The SMILES string of the molecule is Cc1cc(F)c(NC(=NCC(F)F)C2CC2)cc1SCC(F)(F)F. The van der Waals surface area contributed by atoms with E-state index in [1.807, 2.05) is 0 Å². The Kier molecular flexibility index (Phi) is 6.06. The Hall–Kier alpha value is -1.38. The summed E-state index contributed by atoms with van der Waals surface area (Å²) in [5, 5.41) is 2.68. The molecular formula is C15H16F6N2S. The van der Waals surface area contributed by atoms with Crippen LogP contribution in [0.5, 0.6) is 0 Å². The summed E-state index contributed by atoms with van der Waals surface area (Å²) in [6.45, 7) is 0.820. The van der Waals surface area contributed by atoms with Gasteiger partial charge in [-0.15, -0.1) is 11.8 Å². The van der Waals surface area contributed by atoms with Crippen LogP contribution in [0.4, 0.5) is 32.0 Å². The van der Waals surface area contributed by atoms with E-state index in [0.717, 1.165) is 18.9 Å². The highest BCUT2D eigenvalue weighted by molar-refractivity contribution is 7.99. The topological polar surface area (TPSA) is 24.4 Å². The van der Waals surface area contributed by atoms with Crippen molar-refractivity contribution < 1.29 is 26.3 Å². The van der Waals surface area contributed by atoms with Gasteiger partial charge in [0.05, 0.1) is 11.4 Å². The highest BCUT2D eigenvalue weighted by Gasteiger charge is 2.30. The van der Waals surface area contributed by atoms with Crippen LogP contribution in [0.3, 0.4) is 0 Å². The van der Waals surface area contributed by atoms with Gasteiger partial charge < -0.3 is 5.32 Å². The average molecular weight is 370 g/mol. The zero-order valence-corrected chi connectivity index (χ0v) is 13.6. The highest BCUT2D eigenvalue weighted by Crippen LogP contribution is 2.35. The van der Waals surface area contributed by atoms with E-state index in [4.69, 9.17) is 0 Å². The van der Waals surface area contributed by atoms with Crippen molar-refractivity contribution in [3.05, 3.63) is 23.5 Å². The van der Waals surface area contributed by atoms with Gasteiger partial charge in [-0.2, -0.15) is 13.2 Å². The number of alkyl halides is 5. The zero-order valence-electron chi connectivity index (χ0n) is 12.8. The molecule has 0 atom stereocenters. The molecule has 1 aliphatic carbocycles. The molecule has 0 heterocycles. The number of benzene rings is 1. The molecule has 0 amide bonds.